The van der Waals surface area contributed by atoms with Crippen molar-refractivity contribution in [2.45, 2.75) is 53.9 Å². The zero-order valence-electron chi connectivity index (χ0n) is 12.9. The van der Waals surface area contributed by atoms with Gasteiger partial charge in [0.1, 0.15) is 0 Å². The first-order valence-electron chi connectivity index (χ1n) is 7.10. The molecule has 0 saturated heterocycles. The van der Waals surface area contributed by atoms with E-state index in [-0.39, 0.29) is 10.8 Å². The number of hydrogen-bond donors (Lipinski definition) is 1. The highest BCUT2D eigenvalue weighted by molar-refractivity contribution is 4.91. The highest BCUT2D eigenvalue weighted by Gasteiger charge is 2.21. The van der Waals surface area contributed by atoms with E-state index in [1.54, 1.807) is 0 Å². The minimum absolute atomic E-state index is 0.180. The van der Waals surface area contributed by atoms with Crippen LogP contribution in [-0.4, -0.2) is 31.1 Å². The summed E-state index contributed by atoms with van der Waals surface area (Å²) in [5.41, 5.74) is 5.79. The third-order valence-corrected chi connectivity index (χ3v) is 3.32. The van der Waals surface area contributed by atoms with Crippen LogP contribution in [0.3, 0.4) is 0 Å². The standard InChI is InChI=1S/C15H31N3/c1-6-9-18(13-15(4,5)12-17)10-7-8-14(2,3)11-16/h6-10,12-13,17H2,1-5H3. The van der Waals surface area contributed by atoms with Crippen molar-refractivity contribution in [3.63, 3.8) is 0 Å². The lowest BCUT2D eigenvalue weighted by atomic mass is 9.89. The van der Waals surface area contributed by atoms with Crippen LogP contribution in [0.25, 0.3) is 0 Å². The Kier molecular flexibility index (Phi) is 7.51. The SMILES string of the molecule is CCCN(CCCC(C)(C)C#N)CC(C)(C)CN. The third kappa shape index (κ3) is 7.68. The van der Waals surface area contributed by atoms with Crippen LogP contribution in [0.4, 0.5) is 0 Å². The molecule has 3 heteroatoms. The summed E-state index contributed by atoms with van der Waals surface area (Å²) >= 11 is 0. The van der Waals surface area contributed by atoms with Gasteiger partial charge in [-0.3, -0.25) is 0 Å². The Hall–Kier alpha value is -0.590. The van der Waals surface area contributed by atoms with Crippen molar-refractivity contribution >= 4 is 0 Å². The molecule has 2 N–H and O–H groups in total. The molecule has 0 unspecified atom stereocenters. The average Bonchev–Trinajstić information content (AvgIpc) is 2.28. The number of nitriles is 1. The summed E-state index contributed by atoms with van der Waals surface area (Å²) in [7, 11) is 0. The lowest BCUT2D eigenvalue weighted by Gasteiger charge is -2.32. The van der Waals surface area contributed by atoms with E-state index in [0.29, 0.717) is 0 Å². The fraction of sp³-hybridized carbons (Fsp3) is 0.933. The molecule has 0 saturated carbocycles. The summed E-state index contributed by atoms with van der Waals surface area (Å²) in [6.45, 7) is 14.6. The molecule has 0 fully saturated rings. The summed E-state index contributed by atoms with van der Waals surface area (Å²) < 4.78 is 0. The molecule has 18 heavy (non-hydrogen) atoms. The fourth-order valence-corrected chi connectivity index (χ4v) is 2.06. The maximum Gasteiger partial charge on any atom is 0.0683 e. The van der Waals surface area contributed by atoms with Gasteiger partial charge in [-0.05, 0) is 58.2 Å². The molecule has 0 bridgehead atoms. The molecule has 106 valence electrons. The molecule has 0 aliphatic carbocycles. The van der Waals surface area contributed by atoms with Crippen LogP contribution in [0, 0.1) is 22.2 Å². The molecule has 0 spiro atoms. The topological polar surface area (TPSA) is 53.0 Å². The summed E-state index contributed by atoms with van der Waals surface area (Å²) in [4.78, 5) is 2.49. The molecule has 0 aromatic rings. The van der Waals surface area contributed by atoms with E-state index in [2.05, 4.69) is 31.7 Å². The molecule has 0 radical (unpaired) electrons. The van der Waals surface area contributed by atoms with Crippen molar-refractivity contribution in [3.8, 4) is 6.07 Å². The van der Waals surface area contributed by atoms with Crippen molar-refractivity contribution in [2.24, 2.45) is 16.6 Å². The summed E-state index contributed by atoms with van der Waals surface area (Å²) in [6.07, 6.45) is 3.22. The molecule has 3 nitrogen and oxygen atoms in total. The fourth-order valence-electron chi connectivity index (χ4n) is 2.06. The Labute approximate surface area is 113 Å². The maximum absolute atomic E-state index is 9.01. The first-order chi connectivity index (χ1) is 8.26. The monoisotopic (exact) mass is 253 g/mol. The molecule has 0 atom stereocenters. The van der Waals surface area contributed by atoms with Crippen LogP contribution >= 0.6 is 0 Å². The van der Waals surface area contributed by atoms with Gasteiger partial charge in [-0.1, -0.05) is 20.8 Å². The van der Waals surface area contributed by atoms with E-state index in [1.807, 2.05) is 13.8 Å². The first kappa shape index (κ1) is 17.4. The Bertz CT molecular complexity index is 263. The van der Waals surface area contributed by atoms with E-state index >= 15 is 0 Å². The van der Waals surface area contributed by atoms with Crippen LogP contribution in [0.1, 0.15) is 53.9 Å². The normalized spacial score (nSPS) is 12.8. The van der Waals surface area contributed by atoms with Gasteiger partial charge in [-0.15, -0.1) is 0 Å². The second kappa shape index (κ2) is 7.76. The molecule has 0 aliphatic rings. The van der Waals surface area contributed by atoms with Crippen molar-refractivity contribution < 1.29 is 0 Å². The van der Waals surface area contributed by atoms with Crippen molar-refractivity contribution in [1.82, 2.24) is 4.90 Å². The van der Waals surface area contributed by atoms with Gasteiger partial charge in [0.05, 0.1) is 11.5 Å². The van der Waals surface area contributed by atoms with Crippen LogP contribution in [0.2, 0.25) is 0 Å². The predicted octanol–water partition coefficient (Wildman–Crippen LogP) is 3.01. The molecular weight excluding hydrogens is 222 g/mol. The van der Waals surface area contributed by atoms with Gasteiger partial charge in [0, 0.05) is 6.54 Å². The number of rotatable bonds is 9. The van der Waals surface area contributed by atoms with Gasteiger partial charge in [0.25, 0.3) is 0 Å². The second-order valence-corrected chi connectivity index (χ2v) is 6.74. The van der Waals surface area contributed by atoms with Crippen LogP contribution < -0.4 is 5.73 Å². The van der Waals surface area contributed by atoms with E-state index in [0.717, 1.165) is 39.0 Å². The molecule has 0 heterocycles. The Balaban J connectivity index is 4.18. The van der Waals surface area contributed by atoms with E-state index in [9.17, 15) is 0 Å². The second-order valence-electron chi connectivity index (χ2n) is 6.74. The Morgan fingerprint density at radius 2 is 1.78 bits per heavy atom. The summed E-state index contributed by atoms with van der Waals surface area (Å²) in [5, 5.41) is 9.01. The van der Waals surface area contributed by atoms with Crippen LogP contribution in [0.15, 0.2) is 0 Å². The van der Waals surface area contributed by atoms with Crippen LogP contribution in [0.5, 0.6) is 0 Å². The predicted molar refractivity (Wildman–Crippen MR) is 78.2 cm³/mol. The summed E-state index contributed by atoms with van der Waals surface area (Å²) in [5.74, 6) is 0. The number of nitrogens with two attached hydrogens (primary N) is 1. The molecule has 0 aromatic carbocycles. The molecule has 0 aromatic heterocycles. The third-order valence-electron chi connectivity index (χ3n) is 3.32. The molecule has 0 aliphatic heterocycles. The van der Waals surface area contributed by atoms with Gasteiger partial charge >= 0.3 is 0 Å². The number of nitrogens with zero attached hydrogens (tertiary/aromatic N) is 2. The van der Waals surface area contributed by atoms with Gasteiger partial charge in [-0.25, -0.2) is 0 Å². The minimum Gasteiger partial charge on any atom is -0.330 e. The van der Waals surface area contributed by atoms with Gasteiger partial charge in [-0.2, -0.15) is 5.26 Å². The maximum atomic E-state index is 9.01. The van der Waals surface area contributed by atoms with Gasteiger partial charge in [0.15, 0.2) is 0 Å². The molecule has 0 amide bonds. The van der Waals surface area contributed by atoms with Crippen molar-refractivity contribution in [2.75, 3.05) is 26.2 Å². The number of hydrogen-bond acceptors (Lipinski definition) is 3. The highest BCUT2D eigenvalue weighted by Crippen LogP contribution is 2.22. The van der Waals surface area contributed by atoms with Gasteiger partial charge in [0.2, 0.25) is 0 Å². The van der Waals surface area contributed by atoms with E-state index in [4.69, 9.17) is 11.0 Å². The molecule has 0 rings (SSSR count). The first-order valence-corrected chi connectivity index (χ1v) is 7.10. The van der Waals surface area contributed by atoms with Crippen molar-refractivity contribution in [1.29, 1.82) is 5.26 Å². The quantitative estimate of drug-likeness (QED) is 0.687. The van der Waals surface area contributed by atoms with Crippen LogP contribution in [-0.2, 0) is 0 Å². The highest BCUT2D eigenvalue weighted by atomic mass is 15.1. The Morgan fingerprint density at radius 1 is 1.17 bits per heavy atom. The zero-order chi connectivity index (χ0) is 14.2. The zero-order valence-corrected chi connectivity index (χ0v) is 12.9. The summed E-state index contributed by atoms with van der Waals surface area (Å²) in [6, 6.07) is 2.37. The Morgan fingerprint density at radius 3 is 2.22 bits per heavy atom. The smallest absolute Gasteiger partial charge is 0.0683 e. The largest absolute Gasteiger partial charge is 0.330 e. The van der Waals surface area contributed by atoms with E-state index < -0.39 is 0 Å². The average molecular weight is 253 g/mol. The van der Waals surface area contributed by atoms with Crippen molar-refractivity contribution in [3.05, 3.63) is 0 Å². The molecular formula is C15H31N3. The van der Waals surface area contributed by atoms with E-state index in [1.165, 1.54) is 6.42 Å². The lowest BCUT2D eigenvalue weighted by molar-refractivity contribution is 0.176. The lowest BCUT2D eigenvalue weighted by Crippen LogP contribution is -2.39. The van der Waals surface area contributed by atoms with Gasteiger partial charge < -0.3 is 10.6 Å². The minimum atomic E-state index is -0.193.